The quantitative estimate of drug-likeness (QED) is 0.812. The van der Waals surface area contributed by atoms with Gasteiger partial charge >= 0.3 is 0 Å². The van der Waals surface area contributed by atoms with Crippen molar-refractivity contribution in [3.8, 4) is 0 Å². The molecule has 2 saturated heterocycles. The van der Waals surface area contributed by atoms with E-state index in [-0.39, 0.29) is 24.2 Å². The molecule has 0 N–H and O–H groups in total. The number of likely N-dealkylation sites (tertiary alicyclic amines) is 1. The molecule has 1 aromatic carbocycles. The fraction of sp³-hybridized carbons (Fsp3) is 0.611. The van der Waals surface area contributed by atoms with Crippen LogP contribution in [0.3, 0.4) is 0 Å². The third kappa shape index (κ3) is 4.23. The normalized spacial score (nSPS) is 28.3. The van der Waals surface area contributed by atoms with Gasteiger partial charge < -0.3 is 9.64 Å². The summed E-state index contributed by atoms with van der Waals surface area (Å²) in [5, 5.41) is 0.995. The molecule has 4 nitrogen and oxygen atoms in total. The third-order valence-electron chi connectivity index (χ3n) is 4.71. The number of benzene rings is 1. The van der Waals surface area contributed by atoms with Crippen LogP contribution in [0.4, 0.5) is 0 Å². The molecule has 1 amide bonds. The molecular weight excluding hydrogens is 347 g/mol. The fourth-order valence-electron chi connectivity index (χ4n) is 3.87. The number of morpholine rings is 1. The van der Waals surface area contributed by atoms with Gasteiger partial charge in [0.15, 0.2) is 0 Å². The van der Waals surface area contributed by atoms with Crippen LogP contribution in [0, 0.1) is 0 Å². The molecule has 0 unspecified atom stereocenters. The summed E-state index contributed by atoms with van der Waals surface area (Å²) >= 11 is 12.1. The molecule has 1 aromatic rings. The van der Waals surface area contributed by atoms with E-state index in [1.165, 1.54) is 0 Å². The van der Waals surface area contributed by atoms with Gasteiger partial charge in [-0.15, -0.1) is 0 Å². The fourth-order valence-corrected chi connectivity index (χ4v) is 4.39. The Hall–Kier alpha value is -0.810. The molecule has 6 heteroatoms. The Morgan fingerprint density at radius 3 is 2.42 bits per heavy atom. The van der Waals surface area contributed by atoms with E-state index in [0.717, 1.165) is 39.0 Å². The topological polar surface area (TPSA) is 32.8 Å². The van der Waals surface area contributed by atoms with Crippen molar-refractivity contribution >= 4 is 29.1 Å². The van der Waals surface area contributed by atoms with Crippen LogP contribution in [0.5, 0.6) is 0 Å². The molecule has 24 heavy (non-hydrogen) atoms. The first-order valence-electron chi connectivity index (χ1n) is 8.57. The highest BCUT2D eigenvalue weighted by atomic mass is 35.5. The second kappa shape index (κ2) is 7.61. The van der Waals surface area contributed by atoms with Crippen molar-refractivity contribution in [3.05, 3.63) is 33.8 Å². The molecule has 3 atom stereocenters. The Bertz CT molecular complexity index is 580. The summed E-state index contributed by atoms with van der Waals surface area (Å²) in [6, 6.07) is 5.29. The van der Waals surface area contributed by atoms with E-state index in [0.29, 0.717) is 15.6 Å². The minimum Gasteiger partial charge on any atom is -0.373 e. The Labute approximate surface area is 153 Å². The lowest BCUT2D eigenvalue weighted by Crippen LogP contribution is -2.50. The first-order valence-corrected chi connectivity index (χ1v) is 9.33. The molecule has 0 spiro atoms. The predicted octanol–water partition coefficient (Wildman–Crippen LogP) is 3.71. The highest BCUT2D eigenvalue weighted by Crippen LogP contribution is 2.25. The van der Waals surface area contributed by atoms with Gasteiger partial charge in [-0.25, -0.2) is 0 Å². The van der Waals surface area contributed by atoms with Crippen LogP contribution >= 0.6 is 23.2 Å². The molecule has 0 bridgehead atoms. The number of rotatable bonds is 3. The van der Waals surface area contributed by atoms with Crippen LogP contribution in [-0.2, 0) is 4.74 Å². The van der Waals surface area contributed by atoms with Gasteiger partial charge in [0.1, 0.15) is 0 Å². The molecule has 132 valence electrons. The molecule has 2 heterocycles. The SMILES string of the molecule is C[C@@H]1CN(C[C@H]2CCCN2C(=O)c2cc(Cl)cc(Cl)c2)C[C@H](C)O1. The van der Waals surface area contributed by atoms with Crippen molar-refractivity contribution in [2.75, 3.05) is 26.2 Å². The molecule has 2 aliphatic heterocycles. The van der Waals surface area contributed by atoms with Gasteiger partial charge in [-0.1, -0.05) is 23.2 Å². The van der Waals surface area contributed by atoms with E-state index in [1.54, 1.807) is 18.2 Å². The molecule has 0 saturated carbocycles. The number of hydrogen-bond donors (Lipinski definition) is 0. The maximum absolute atomic E-state index is 12.9. The minimum absolute atomic E-state index is 0.0243. The van der Waals surface area contributed by atoms with Gasteiger partial charge in [-0.3, -0.25) is 9.69 Å². The molecule has 0 aliphatic carbocycles. The minimum atomic E-state index is 0.0243. The summed E-state index contributed by atoms with van der Waals surface area (Å²) in [6.07, 6.45) is 2.57. The van der Waals surface area contributed by atoms with E-state index in [1.807, 2.05) is 4.90 Å². The summed E-state index contributed by atoms with van der Waals surface area (Å²) in [6.45, 7) is 7.75. The average Bonchev–Trinajstić information content (AvgIpc) is 2.92. The van der Waals surface area contributed by atoms with Crippen LogP contribution in [0.2, 0.25) is 10.0 Å². The molecule has 2 aliphatic rings. The van der Waals surface area contributed by atoms with Crippen molar-refractivity contribution in [2.24, 2.45) is 0 Å². The second-order valence-corrected chi connectivity index (χ2v) is 7.80. The van der Waals surface area contributed by atoms with Gasteiger partial charge in [0.05, 0.1) is 12.2 Å². The van der Waals surface area contributed by atoms with Crippen LogP contribution < -0.4 is 0 Å². The molecule has 3 rings (SSSR count). The number of nitrogens with zero attached hydrogens (tertiary/aromatic N) is 2. The van der Waals surface area contributed by atoms with Crippen molar-refractivity contribution in [1.82, 2.24) is 9.80 Å². The first-order chi connectivity index (χ1) is 11.4. The molecule has 0 radical (unpaired) electrons. The zero-order chi connectivity index (χ0) is 17.3. The number of halogens is 2. The Morgan fingerprint density at radius 1 is 1.17 bits per heavy atom. The van der Waals surface area contributed by atoms with Gasteiger partial charge in [0, 0.05) is 47.8 Å². The number of carbonyl (C=O) groups is 1. The van der Waals surface area contributed by atoms with Gasteiger partial charge in [0.25, 0.3) is 5.91 Å². The van der Waals surface area contributed by atoms with E-state index < -0.39 is 0 Å². The van der Waals surface area contributed by atoms with Gasteiger partial charge in [0.2, 0.25) is 0 Å². The maximum Gasteiger partial charge on any atom is 0.254 e. The van der Waals surface area contributed by atoms with Crippen LogP contribution in [0.1, 0.15) is 37.0 Å². The maximum atomic E-state index is 12.9. The van der Waals surface area contributed by atoms with Crippen LogP contribution in [-0.4, -0.2) is 60.1 Å². The third-order valence-corrected chi connectivity index (χ3v) is 5.15. The van der Waals surface area contributed by atoms with E-state index in [2.05, 4.69) is 18.7 Å². The highest BCUT2D eigenvalue weighted by Gasteiger charge is 2.33. The summed E-state index contributed by atoms with van der Waals surface area (Å²) in [5.74, 6) is 0.0243. The Kier molecular flexibility index (Phi) is 5.70. The standard InChI is InChI=1S/C18H24Cl2N2O2/c1-12-9-21(10-13(2)24-12)11-17-4-3-5-22(17)18(23)14-6-15(19)8-16(20)7-14/h6-8,12-13,17H,3-5,9-11H2,1-2H3/t12-,13+,17-/m1/s1. The van der Waals surface area contributed by atoms with Crippen molar-refractivity contribution in [1.29, 1.82) is 0 Å². The molecule has 0 aromatic heterocycles. The predicted molar refractivity (Wildman–Crippen MR) is 97.0 cm³/mol. The summed E-state index contributed by atoms with van der Waals surface area (Å²) in [5.41, 5.74) is 0.572. The van der Waals surface area contributed by atoms with Crippen molar-refractivity contribution in [2.45, 2.75) is 44.9 Å². The number of hydrogen-bond acceptors (Lipinski definition) is 3. The van der Waals surface area contributed by atoms with Crippen LogP contribution in [0.25, 0.3) is 0 Å². The number of amides is 1. The number of carbonyl (C=O) groups excluding carboxylic acids is 1. The highest BCUT2D eigenvalue weighted by molar-refractivity contribution is 6.35. The summed E-state index contributed by atoms with van der Waals surface area (Å²) in [7, 11) is 0. The van der Waals surface area contributed by atoms with E-state index in [9.17, 15) is 4.79 Å². The number of ether oxygens (including phenoxy) is 1. The zero-order valence-corrected chi connectivity index (χ0v) is 15.7. The average molecular weight is 371 g/mol. The van der Waals surface area contributed by atoms with Gasteiger partial charge in [-0.2, -0.15) is 0 Å². The van der Waals surface area contributed by atoms with E-state index in [4.69, 9.17) is 27.9 Å². The smallest absolute Gasteiger partial charge is 0.254 e. The summed E-state index contributed by atoms with van der Waals surface area (Å²) < 4.78 is 5.80. The lowest BCUT2D eigenvalue weighted by Gasteiger charge is -2.38. The molecule has 2 fully saturated rings. The monoisotopic (exact) mass is 370 g/mol. The Balaban J connectivity index is 1.69. The summed E-state index contributed by atoms with van der Waals surface area (Å²) in [4.78, 5) is 17.3. The van der Waals surface area contributed by atoms with Crippen molar-refractivity contribution < 1.29 is 9.53 Å². The van der Waals surface area contributed by atoms with Crippen LogP contribution in [0.15, 0.2) is 18.2 Å². The second-order valence-electron chi connectivity index (χ2n) is 6.93. The van der Waals surface area contributed by atoms with E-state index >= 15 is 0 Å². The van der Waals surface area contributed by atoms with Gasteiger partial charge in [-0.05, 0) is 44.9 Å². The first kappa shape index (κ1) is 18.0. The lowest BCUT2D eigenvalue weighted by molar-refractivity contribution is -0.0715. The zero-order valence-electron chi connectivity index (χ0n) is 14.2. The van der Waals surface area contributed by atoms with Crippen molar-refractivity contribution in [3.63, 3.8) is 0 Å². The largest absolute Gasteiger partial charge is 0.373 e. The Morgan fingerprint density at radius 2 is 1.79 bits per heavy atom. The molecular formula is C18H24Cl2N2O2. The lowest BCUT2D eigenvalue weighted by atomic mass is 10.1.